The first-order valence-electron chi connectivity index (χ1n) is 3.83. The number of aliphatic hydroxyl groups excluding tert-OH is 1. The number of benzene rings is 1. The first-order chi connectivity index (χ1) is 5.90. The third-order valence-electron chi connectivity index (χ3n) is 1.83. The monoisotopic (exact) mass is 165 g/mol. The van der Waals surface area contributed by atoms with Gasteiger partial charge in [-0.1, -0.05) is 6.07 Å². The van der Waals surface area contributed by atoms with E-state index in [2.05, 4.69) is 6.07 Å². The van der Waals surface area contributed by atoms with Gasteiger partial charge in [0.15, 0.2) is 5.75 Å². The molecule has 1 aliphatic heterocycles. The molecule has 3 heteroatoms. The van der Waals surface area contributed by atoms with Gasteiger partial charge in [0.25, 0.3) is 0 Å². The van der Waals surface area contributed by atoms with E-state index in [9.17, 15) is 0 Å². The van der Waals surface area contributed by atoms with Crippen molar-refractivity contribution in [1.29, 1.82) is 0 Å². The largest absolute Gasteiger partial charge is 0.393 e. The van der Waals surface area contributed by atoms with E-state index in [0.717, 1.165) is 11.3 Å². The van der Waals surface area contributed by atoms with E-state index >= 15 is 0 Å². The summed E-state index contributed by atoms with van der Waals surface area (Å²) in [5.41, 5.74) is 1.03. The van der Waals surface area contributed by atoms with Gasteiger partial charge in [0.2, 0.25) is 0 Å². The fraction of sp³-hybridized carbons (Fsp3) is 0.333. The van der Waals surface area contributed by atoms with Crippen LogP contribution in [0.3, 0.4) is 0 Å². The van der Waals surface area contributed by atoms with Gasteiger partial charge in [-0.15, -0.1) is 0 Å². The second-order valence-electron chi connectivity index (χ2n) is 2.72. The third-order valence-corrected chi connectivity index (χ3v) is 1.83. The van der Waals surface area contributed by atoms with Crippen molar-refractivity contribution in [2.45, 2.75) is 12.5 Å². The molecule has 1 unspecified atom stereocenters. The maximum absolute atomic E-state index is 8.80. The molecule has 0 spiro atoms. The Morgan fingerprint density at radius 1 is 1.67 bits per heavy atom. The van der Waals surface area contributed by atoms with Gasteiger partial charge < -0.3 is 9.99 Å². The molecular weight excluding hydrogens is 156 g/mol. The van der Waals surface area contributed by atoms with Crippen molar-refractivity contribution >= 4 is 0 Å². The van der Waals surface area contributed by atoms with Crippen LogP contribution in [0.25, 0.3) is 0 Å². The van der Waals surface area contributed by atoms with E-state index in [4.69, 9.17) is 14.9 Å². The SMILES string of the molecule is OCC1Cc2c[c]ccc2OO1. The molecule has 0 fully saturated rings. The van der Waals surface area contributed by atoms with Crippen LogP contribution < -0.4 is 4.89 Å². The van der Waals surface area contributed by atoms with E-state index < -0.39 is 0 Å². The Labute approximate surface area is 70.5 Å². The van der Waals surface area contributed by atoms with Crippen LogP contribution in [0.15, 0.2) is 18.2 Å². The standard InChI is InChI=1S/C9H9O3/c10-6-8-5-7-3-1-2-4-9(7)12-11-8/h2-4,8,10H,5-6H2. The summed E-state index contributed by atoms with van der Waals surface area (Å²) in [5, 5.41) is 8.80. The molecule has 1 radical (unpaired) electrons. The molecule has 0 amide bonds. The molecule has 0 saturated carbocycles. The first-order valence-corrected chi connectivity index (χ1v) is 3.83. The van der Waals surface area contributed by atoms with Crippen LogP contribution >= 0.6 is 0 Å². The van der Waals surface area contributed by atoms with Crippen molar-refractivity contribution in [1.82, 2.24) is 0 Å². The van der Waals surface area contributed by atoms with Crippen LogP contribution in [0.1, 0.15) is 5.56 Å². The fourth-order valence-electron chi connectivity index (χ4n) is 1.19. The highest BCUT2D eigenvalue weighted by atomic mass is 17.2. The van der Waals surface area contributed by atoms with Crippen molar-refractivity contribution in [2.75, 3.05) is 6.61 Å². The maximum atomic E-state index is 8.80. The van der Waals surface area contributed by atoms with Crippen LogP contribution in [0.4, 0.5) is 0 Å². The van der Waals surface area contributed by atoms with E-state index in [1.807, 2.05) is 6.07 Å². The molecule has 0 saturated heterocycles. The Kier molecular flexibility index (Phi) is 1.98. The second-order valence-corrected chi connectivity index (χ2v) is 2.72. The van der Waals surface area contributed by atoms with Crippen molar-refractivity contribution in [3.8, 4) is 5.75 Å². The van der Waals surface area contributed by atoms with Gasteiger partial charge in [-0.25, -0.2) is 0 Å². The maximum Gasteiger partial charge on any atom is 0.168 e. The Balaban J connectivity index is 2.23. The van der Waals surface area contributed by atoms with Gasteiger partial charge in [-0.05, 0) is 18.2 Å². The Morgan fingerprint density at radius 3 is 3.42 bits per heavy atom. The quantitative estimate of drug-likeness (QED) is 0.623. The van der Waals surface area contributed by atoms with Crippen LogP contribution in [0.5, 0.6) is 5.75 Å². The average Bonchev–Trinajstić information content (AvgIpc) is 2.17. The molecule has 1 aromatic rings. The first kappa shape index (κ1) is 7.58. The van der Waals surface area contributed by atoms with E-state index in [1.165, 1.54) is 0 Å². The minimum Gasteiger partial charge on any atom is -0.393 e. The summed E-state index contributed by atoms with van der Waals surface area (Å²) in [7, 11) is 0. The summed E-state index contributed by atoms with van der Waals surface area (Å²) in [5.74, 6) is 0.721. The van der Waals surface area contributed by atoms with E-state index in [0.29, 0.717) is 6.42 Å². The molecule has 0 aliphatic carbocycles. The molecule has 2 rings (SSSR count). The molecule has 1 atom stereocenters. The zero-order valence-electron chi connectivity index (χ0n) is 6.49. The zero-order valence-corrected chi connectivity index (χ0v) is 6.49. The van der Waals surface area contributed by atoms with Gasteiger partial charge in [0, 0.05) is 12.0 Å². The minimum absolute atomic E-state index is 0.0195. The van der Waals surface area contributed by atoms with Gasteiger partial charge in [-0.2, -0.15) is 4.89 Å². The lowest BCUT2D eigenvalue weighted by Gasteiger charge is -2.21. The molecular formula is C9H9O3. The van der Waals surface area contributed by atoms with Crippen LogP contribution in [-0.2, 0) is 11.3 Å². The Hall–Kier alpha value is -1.06. The minimum atomic E-state index is -0.242. The molecule has 1 aromatic carbocycles. The molecule has 1 aliphatic rings. The normalized spacial score (nSPS) is 21.2. The molecule has 1 heterocycles. The fourth-order valence-corrected chi connectivity index (χ4v) is 1.19. The highest BCUT2D eigenvalue weighted by Gasteiger charge is 2.19. The zero-order chi connectivity index (χ0) is 8.39. The smallest absolute Gasteiger partial charge is 0.168 e. The average molecular weight is 165 g/mol. The number of hydrogen-bond donors (Lipinski definition) is 1. The molecule has 0 aromatic heterocycles. The second kappa shape index (κ2) is 3.13. The van der Waals surface area contributed by atoms with Crippen molar-refractivity contribution in [3.63, 3.8) is 0 Å². The van der Waals surface area contributed by atoms with Crippen molar-refractivity contribution in [2.24, 2.45) is 0 Å². The van der Waals surface area contributed by atoms with Gasteiger partial charge >= 0.3 is 0 Å². The van der Waals surface area contributed by atoms with Crippen molar-refractivity contribution in [3.05, 3.63) is 29.8 Å². The topological polar surface area (TPSA) is 38.7 Å². The summed E-state index contributed by atoms with van der Waals surface area (Å²) in [6.07, 6.45) is 0.441. The molecule has 0 bridgehead atoms. The number of fused-ring (bicyclic) bond motifs is 1. The summed E-state index contributed by atoms with van der Waals surface area (Å²) < 4.78 is 0. The van der Waals surface area contributed by atoms with Gasteiger partial charge in [0.05, 0.1) is 6.61 Å². The van der Waals surface area contributed by atoms with Crippen LogP contribution in [0, 0.1) is 6.07 Å². The molecule has 12 heavy (non-hydrogen) atoms. The van der Waals surface area contributed by atoms with E-state index in [-0.39, 0.29) is 12.7 Å². The molecule has 1 N–H and O–H groups in total. The lowest BCUT2D eigenvalue weighted by Crippen LogP contribution is -2.26. The summed E-state index contributed by atoms with van der Waals surface area (Å²) in [4.78, 5) is 9.84. The van der Waals surface area contributed by atoms with E-state index in [1.54, 1.807) is 12.1 Å². The predicted octanol–water partition coefficient (Wildman–Crippen LogP) is 0.714. The lowest BCUT2D eigenvalue weighted by molar-refractivity contribution is -0.261. The van der Waals surface area contributed by atoms with Gasteiger partial charge in [-0.3, -0.25) is 0 Å². The van der Waals surface area contributed by atoms with Crippen LogP contribution in [-0.4, -0.2) is 17.8 Å². The van der Waals surface area contributed by atoms with Crippen LogP contribution in [0.2, 0.25) is 0 Å². The summed E-state index contributed by atoms with van der Waals surface area (Å²) in [6, 6.07) is 8.36. The summed E-state index contributed by atoms with van der Waals surface area (Å²) in [6.45, 7) is -0.0195. The lowest BCUT2D eigenvalue weighted by atomic mass is 10.1. The highest BCUT2D eigenvalue weighted by Crippen LogP contribution is 2.24. The number of rotatable bonds is 1. The molecule has 63 valence electrons. The third kappa shape index (κ3) is 1.29. The van der Waals surface area contributed by atoms with Gasteiger partial charge in [0.1, 0.15) is 6.10 Å². The highest BCUT2D eigenvalue weighted by molar-refractivity contribution is 5.33. The number of aliphatic hydroxyl groups is 1. The summed E-state index contributed by atoms with van der Waals surface area (Å²) >= 11 is 0. The van der Waals surface area contributed by atoms with Crippen molar-refractivity contribution < 1.29 is 14.9 Å². The number of hydrogen-bond acceptors (Lipinski definition) is 3. The Bertz CT molecular complexity index is 272. The Morgan fingerprint density at radius 2 is 2.58 bits per heavy atom. The molecule has 3 nitrogen and oxygen atoms in total. The predicted molar refractivity (Wildman–Crippen MR) is 41.6 cm³/mol.